The fourth-order valence-corrected chi connectivity index (χ4v) is 2.07. The van der Waals surface area contributed by atoms with Crippen LogP contribution < -0.4 is 5.32 Å². The molecule has 1 aliphatic rings. The predicted octanol–water partition coefficient (Wildman–Crippen LogP) is 3.32. The number of nitrogens with one attached hydrogen (secondary N) is 1. The van der Waals surface area contributed by atoms with Crippen LogP contribution in [0.5, 0.6) is 0 Å². The number of unbranched alkanes of at least 4 members (excludes halogenated alkanes) is 3. The van der Waals surface area contributed by atoms with Crippen LogP contribution in [0.15, 0.2) is 18.3 Å². The van der Waals surface area contributed by atoms with Crippen molar-refractivity contribution in [2.45, 2.75) is 64.6 Å². The minimum absolute atomic E-state index is 0.809. The summed E-state index contributed by atoms with van der Waals surface area (Å²) < 4.78 is 2.41. The van der Waals surface area contributed by atoms with Gasteiger partial charge in [0.2, 0.25) is 0 Å². The van der Waals surface area contributed by atoms with E-state index < -0.39 is 0 Å². The van der Waals surface area contributed by atoms with E-state index >= 15 is 0 Å². The number of aryl methyl sites for hydroxylation is 1. The molecule has 0 spiro atoms. The molecule has 0 bridgehead atoms. The zero-order valence-corrected chi connectivity index (χ0v) is 10.4. The van der Waals surface area contributed by atoms with Gasteiger partial charge in [0.15, 0.2) is 0 Å². The molecule has 0 saturated heterocycles. The Bertz CT molecular complexity index is 299. The molecule has 1 aliphatic carbocycles. The molecule has 0 amide bonds. The molecule has 1 saturated carbocycles. The van der Waals surface area contributed by atoms with Gasteiger partial charge in [-0.1, -0.05) is 26.2 Å². The van der Waals surface area contributed by atoms with Crippen LogP contribution in [0.2, 0.25) is 0 Å². The number of aromatic nitrogens is 1. The van der Waals surface area contributed by atoms with Crippen LogP contribution in [-0.4, -0.2) is 10.6 Å². The number of hydrogen-bond acceptors (Lipinski definition) is 1. The summed E-state index contributed by atoms with van der Waals surface area (Å²) in [5.41, 5.74) is 1.45. The van der Waals surface area contributed by atoms with Crippen LogP contribution in [0.3, 0.4) is 0 Å². The first-order chi connectivity index (χ1) is 7.90. The van der Waals surface area contributed by atoms with Gasteiger partial charge < -0.3 is 9.88 Å². The Hall–Kier alpha value is -0.760. The molecule has 2 heteroatoms. The molecule has 0 atom stereocenters. The first kappa shape index (κ1) is 11.7. The molecule has 16 heavy (non-hydrogen) atoms. The van der Waals surface area contributed by atoms with Gasteiger partial charge in [0.1, 0.15) is 0 Å². The van der Waals surface area contributed by atoms with Crippen molar-refractivity contribution in [3.63, 3.8) is 0 Å². The number of rotatable bonds is 8. The Morgan fingerprint density at radius 3 is 2.94 bits per heavy atom. The smallest absolute Gasteiger partial charge is 0.0361 e. The van der Waals surface area contributed by atoms with E-state index in [1.807, 2.05) is 0 Å². The largest absolute Gasteiger partial charge is 0.350 e. The maximum absolute atomic E-state index is 3.58. The van der Waals surface area contributed by atoms with Crippen molar-refractivity contribution >= 4 is 0 Å². The zero-order chi connectivity index (χ0) is 11.2. The summed E-state index contributed by atoms with van der Waals surface area (Å²) in [6.45, 7) is 4.50. The molecular weight excluding hydrogens is 196 g/mol. The second kappa shape index (κ2) is 6.09. The van der Waals surface area contributed by atoms with Gasteiger partial charge in [-0.15, -0.1) is 0 Å². The van der Waals surface area contributed by atoms with Crippen molar-refractivity contribution in [3.8, 4) is 0 Å². The topological polar surface area (TPSA) is 17.0 Å². The van der Waals surface area contributed by atoms with Crippen LogP contribution in [0.1, 0.15) is 51.1 Å². The van der Waals surface area contributed by atoms with Crippen molar-refractivity contribution < 1.29 is 0 Å². The lowest BCUT2D eigenvalue weighted by atomic mass is 10.2. The van der Waals surface area contributed by atoms with Crippen molar-refractivity contribution in [2.24, 2.45) is 0 Å². The Morgan fingerprint density at radius 2 is 2.19 bits per heavy atom. The van der Waals surface area contributed by atoms with E-state index in [1.54, 1.807) is 0 Å². The van der Waals surface area contributed by atoms with Crippen LogP contribution in [0, 0.1) is 0 Å². The molecule has 1 aromatic heterocycles. The van der Waals surface area contributed by atoms with Crippen molar-refractivity contribution in [2.75, 3.05) is 0 Å². The Kier molecular flexibility index (Phi) is 4.46. The molecule has 1 heterocycles. The first-order valence-electron chi connectivity index (χ1n) is 6.77. The molecule has 0 radical (unpaired) electrons. The molecule has 2 rings (SSSR count). The standard InChI is InChI=1S/C14H24N2/c1-2-3-4-5-10-16-11-6-7-14(16)12-15-13-8-9-13/h6-7,11,13,15H,2-5,8-10,12H2,1H3. The van der Waals surface area contributed by atoms with Gasteiger partial charge in [0, 0.05) is 31.0 Å². The highest BCUT2D eigenvalue weighted by Crippen LogP contribution is 2.19. The van der Waals surface area contributed by atoms with E-state index in [0.717, 1.165) is 12.6 Å². The van der Waals surface area contributed by atoms with Crippen molar-refractivity contribution in [3.05, 3.63) is 24.0 Å². The van der Waals surface area contributed by atoms with Crippen molar-refractivity contribution in [1.82, 2.24) is 9.88 Å². The van der Waals surface area contributed by atoms with E-state index in [0.29, 0.717) is 0 Å². The SMILES string of the molecule is CCCCCCn1cccc1CNC1CC1. The van der Waals surface area contributed by atoms with Crippen LogP contribution in [-0.2, 0) is 13.1 Å². The molecular formula is C14H24N2. The second-order valence-corrected chi connectivity index (χ2v) is 4.91. The van der Waals surface area contributed by atoms with Gasteiger partial charge in [-0.05, 0) is 31.4 Å². The summed E-state index contributed by atoms with van der Waals surface area (Å²) in [5, 5.41) is 3.58. The monoisotopic (exact) mass is 220 g/mol. The summed E-state index contributed by atoms with van der Waals surface area (Å²) in [6, 6.07) is 5.22. The van der Waals surface area contributed by atoms with Gasteiger partial charge in [-0.2, -0.15) is 0 Å². The number of nitrogens with zero attached hydrogens (tertiary/aromatic N) is 1. The Morgan fingerprint density at radius 1 is 1.31 bits per heavy atom. The highest BCUT2D eigenvalue weighted by molar-refractivity contribution is 5.07. The maximum atomic E-state index is 3.58. The summed E-state index contributed by atoms with van der Waals surface area (Å²) in [5.74, 6) is 0. The molecule has 2 nitrogen and oxygen atoms in total. The number of hydrogen-bond donors (Lipinski definition) is 1. The molecule has 1 N–H and O–H groups in total. The first-order valence-corrected chi connectivity index (χ1v) is 6.77. The average Bonchev–Trinajstić information content (AvgIpc) is 3.02. The minimum atomic E-state index is 0.809. The Balaban J connectivity index is 1.71. The third kappa shape index (κ3) is 3.67. The van der Waals surface area contributed by atoms with Crippen LogP contribution >= 0.6 is 0 Å². The molecule has 90 valence electrons. The van der Waals surface area contributed by atoms with E-state index in [9.17, 15) is 0 Å². The highest BCUT2D eigenvalue weighted by Gasteiger charge is 2.20. The van der Waals surface area contributed by atoms with E-state index in [4.69, 9.17) is 0 Å². The summed E-state index contributed by atoms with van der Waals surface area (Å²) in [6.07, 6.45) is 10.3. The fourth-order valence-electron chi connectivity index (χ4n) is 2.07. The summed E-state index contributed by atoms with van der Waals surface area (Å²) >= 11 is 0. The third-order valence-electron chi connectivity index (χ3n) is 3.33. The molecule has 1 aromatic rings. The molecule has 0 aromatic carbocycles. The fraction of sp³-hybridized carbons (Fsp3) is 0.714. The minimum Gasteiger partial charge on any atom is -0.350 e. The van der Waals surface area contributed by atoms with E-state index in [-0.39, 0.29) is 0 Å². The Labute approximate surface area is 99.0 Å². The summed E-state index contributed by atoms with van der Waals surface area (Å²) in [4.78, 5) is 0. The van der Waals surface area contributed by atoms with Gasteiger partial charge in [0.05, 0.1) is 0 Å². The van der Waals surface area contributed by atoms with Crippen LogP contribution in [0.4, 0.5) is 0 Å². The normalized spacial score (nSPS) is 15.6. The highest BCUT2D eigenvalue weighted by atomic mass is 15.0. The third-order valence-corrected chi connectivity index (χ3v) is 3.33. The summed E-state index contributed by atoms with van der Waals surface area (Å²) in [7, 11) is 0. The van der Waals surface area contributed by atoms with Crippen molar-refractivity contribution in [1.29, 1.82) is 0 Å². The predicted molar refractivity (Wildman–Crippen MR) is 68.4 cm³/mol. The van der Waals surface area contributed by atoms with Gasteiger partial charge in [-0.25, -0.2) is 0 Å². The average molecular weight is 220 g/mol. The van der Waals surface area contributed by atoms with Crippen LogP contribution in [0.25, 0.3) is 0 Å². The lowest BCUT2D eigenvalue weighted by Gasteiger charge is -2.09. The van der Waals surface area contributed by atoms with E-state index in [2.05, 4.69) is 35.1 Å². The van der Waals surface area contributed by atoms with Gasteiger partial charge >= 0.3 is 0 Å². The lowest BCUT2D eigenvalue weighted by Crippen LogP contribution is -2.18. The molecule has 1 fully saturated rings. The molecule has 0 unspecified atom stereocenters. The quantitative estimate of drug-likeness (QED) is 0.665. The zero-order valence-electron chi connectivity index (χ0n) is 10.4. The lowest BCUT2D eigenvalue weighted by molar-refractivity contribution is 0.553. The second-order valence-electron chi connectivity index (χ2n) is 4.91. The van der Waals surface area contributed by atoms with Gasteiger partial charge in [0.25, 0.3) is 0 Å². The maximum Gasteiger partial charge on any atom is 0.0361 e. The van der Waals surface area contributed by atoms with Gasteiger partial charge in [-0.3, -0.25) is 0 Å². The molecule has 0 aliphatic heterocycles. The van der Waals surface area contributed by atoms with E-state index in [1.165, 1.54) is 50.8 Å².